The van der Waals surface area contributed by atoms with Gasteiger partial charge in [0.2, 0.25) is 0 Å². The van der Waals surface area contributed by atoms with Gasteiger partial charge in [-0.25, -0.2) is 0 Å². The van der Waals surface area contributed by atoms with Crippen molar-refractivity contribution in [1.29, 1.82) is 0 Å². The van der Waals surface area contributed by atoms with Crippen molar-refractivity contribution in [3.8, 4) is 0 Å². The third kappa shape index (κ3) is 9.72. The molecule has 0 aromatic carbocycles. The molecule has 0 bridgehead atoms. The number of hydrogen-bond donors (Lipinski definition) is 2. The topological polar surface area (TPSA) is 12.0 Å². The quantitative estimate of drug-likeness (QED) is 0.317. The van der Waals surface area contributed by atoms with E-state index in [1.165, 1.54) is 37.7 Å². The van der Waals surface area contributed by atoms with Crippen molar-refractivity contribution in [3.05, 3.63) is 12.2 Å². The van der Waals surface area contributed by atoms with Crippen molar-refractivity contribution in [2.75, 3.05) is 12.3 Å². The standard InChI is InChI=1S/C15H31NS/c1-5-8-14(3)15(4)16-11-10-13(2)9-6-7-12-17/h14-17H,2,5-12H2,1,3-4H3. The zero-order chi connectivity index (χ0) is 13.1. The summed E-state index contributed by atoms with van der Waals surface area (Å²) in [5.41, 5.74) is 1.38. The summed E-state index contributed by atoms with van der Waals surface area (Å²) in [6.45, 7) is 12.1. The van der Waals surface area contributed by atoms with E-state index in [0.29, 0.717) is 6.04 Å². The fraction of sp³-hybridized carbons (Fsp3) is 0.867. The summed E-state index contributed by atoms with van der Waals surface area (Å²) < 4.78 is 0. The van der Waals surface area contributed by atoms with E-state index in [1.54, 1.807) is 0 Å². The van der Waals surface area contributed by atoms with E-state index in [-0.39, 0.29) is 0 Å². The first-order chi connectivity index (χ1) is 8.11. The highest BCUT2D eigenvalue weighted by molar-refractivity contribution is 7.80. The molecule has 0 radical (unpaired) electrons. The normalized spacial score (nSPS) is 14.6. The van der Waals surface area contributed by atoms with Crippen LogP contribution in [0.3, 0.4) is 0 Å². The minimum absolute atomic E-state index is 0.625. The molecule has 102 valence electrons. The lowest BCUT2D eigenvalue weighted by Crippen LogP contribution is -2.32. The van der Waals surface area contributed by atoms with Crippen LogP contribution in [0.25, 0.3) is 0 Å². The first-order valence-corrected chi connectivity index (χ1v) is 7.75. The molecule has 2 heteroatoms. The summed E-state index contributed by atoms with van der Waals surface area (Å²) in [5.74, 6) is 1.77. The smallest absolute Gasteiger partial charge is 0.00644 e. The zero-order valence-electron chi connectivity index (χ0n) is 12.0. The lowest BCUT2D eigenvalue weighted by Gasteiger charge is -2.21. The molecule has 2 atom stereocenters. The van der Waals surface area contributed by atoms with Crippen molar-refractivity contribution in [3.63, 3.8) is 0 Å². The summed E-state index contributed by atoms with van der Waals surface area (Å²) in [4.78, 5) is 0. The van der Waals surface area contributed by atoms with Gasteiger partial charge in [0.15, 0.2) is 0 Å². The zero-order valence-corrected chi connectivity index (χ0v) is 12.9. The molecule has 0 aliphatic rings. The van der Waals surface area contributed by atoms with Crippen LogP contribution in [-0.2, 0) is 0 Å². The van der Waals surface area contributed by atoms with E-state index in [0.717, 1.165) is 24.6 Å². The van der Waals surface area contributed by atoms with Crippen molar-refractivity contribution in [2.45, 2.75) is 65.3 Å². The van der Waals surface area contributed by atoms with Crippen LogP contribution >= 0.6 is 12.6 Å². The maximum Gasteiger partial charge on any atom is 0.00644 e. The maximum atomic E-state index is 4.22. The van der Waals surface area contributed by atoms with E-state index in [9.17, 15) is 0 Å². The summed E-state index contributed by atoms with van der Waals surface area (Å²) in [5, 5.41) is 3.61. The largest absolute Gasteiger partial charge is 0.314 e. The van der Waals surface area contributed by atoms with Crippen LogP contribution in [0.15, 0.2) is 12.2 Å². The molecular formula is C15H31NS. The van der Waals surface area contributed by atoms with Gasteiger partial charge in [-0.3, -0.25) is 0 Å². The minimum Gasteiger partial charge on any atom is -0.314 e. The van der Waals surface area contributed by atoms with Gasteiger partial charge in [-0.2, -0.15) is 12.6 Å². The van der Waals surface area contributed by atoms with E-state index < -0.39 is 0 Å². The molecule has 0 saturated carbocycles. The molecular weight excluding hydrogens is 226 g/mol. The van der Waals surface area contributed by atoms with Crippen molar-refractivity contribution >= 4 is 12.6 Å². The van der Waals surface area contributed by atoms with Gasteiger partial charge in [-0.1, -0.05) is 32.4 Å². The van der Waals surface area contributed by atoms with E-state index >= 15 is 0 Å². The molecule has 0 aromatic rings. The van der Waals surface area contributed by atoms with Crippen molar-refractivity contribution in [2.24, 2.45) is 5.92 Å². The van der Waals surface area contributed by atoms with Gasteiger partial charge < -0.3 is 5.32 Å². The second-order valence-electron chi connectivity index (χ2n) is 5.19. The van der Waals surface area contributed by atoms with Gasteiger partial charge in [-0.05, 0) is 57.2 Å². The van der Waals surface area contributed by atoms with Gasteiger partial charge in [0.25, 0.3) is 0 Å². The maximum absolute atomic E-state index is 4.22. The number of hydrogen-bond acceptors (Lipinski definition) is 2. The van der Waals surface area contributed by atoms with Crippen LogP contribution in [0.5, 0.6) is 0 Å². The molecule has 0 amide bonds. The molecule has 0 aromatic heterocycles. The monoisotopic (exact) mass is 257 g/mol. The van der Waals surface area contributed by atoms with Crippen LogP contribution in [-0.4, -0.2) is 18.3 Å². The fourth-order valence-corrected chi connectivity index (χ4v) is 2.22. The predicted octanol–water partition coefficient (Wildman–Crippen LogP) is 4.45. The lowest BCUT2D eigenvalue weighted by atomic mass is 9.98. The van der Waals surface area contributed by atoms with E-state index in [1.807, 2.05) is 0 Å². The van der Waals surface area contributed by atoms with Crippen LogP contribution in [0.4, 0.5) is 0 Å². The first-order valence-electron chi connectivity index (χ1n) is 7.12. The molecule has 1 N–H and O–H groups in total. The highest BCUT2D eigenvalue weighted by Crippen LogP contribution is 2.12. The second kappa shape index (κ2) is 11.2. The number of rotatable bonds is 11. The molecule has 0 aliphatic heterocycles. The summed E-state index contributed by atoms with van der Waals surface area (Å²) in [6.07, 6.45) is 7.33. The molecule has 2 unspecified atom stereocenters. The number of unbranched alkanes of at least 4 members (excludes halogenated alkanes) is 1. The Labute approximate surface area is 114 Å². The summed E-state index contributed by atoms with van der Waals surface area (Å²) in [7, 11) is 0. The Bertz CT molecular complexity index is 191. The Morgan fingerprint density at radius 2 is 1.94 bits per heavy atom. The predicted molar refractivity (Wildman–Crippen MR) is 83.0 cm³/mol. The van der Waals surface area contributed by atoms with Crippen molar-refractivity contribution < 1.29 is 0 Å². The highest BCUT2D eigenvalue weighted by Gasteiger charge is 2.09. The van der Waals surface area contributed by atoms with Gasteiger partial charge in [0.05, 0.1) is 0 Å². The third-order valence-electron chi connectivity index (χ3n) is 3.48. The molecule has 17 heavy (non-hydrogen) atoms. The van der Waals surface area contributed by atoms with Gasteiger partial charge in [0.1, 0.15) is 0 Å². The SMILES string of the molecule is C=C(CCCCS)CCNC(C)C(C)CCC. The number of thiol groups is 1. The molecule has 1 nitrogen and oxygen atoms in total. The van der Waals surface area contributed by atoms with Crippen LogP contribution in [0.2, 0.25) is 0 Å². The third-order valence-corrected chi connectivity index (χ3v) is 3.80. The second-order valence-corrected chi connectivity index (χ2v) is 5.64. The molecule has 0 rings (SSSR count). The van der Waals surface area contributed by atoms with Crippen molar-refractivity contribution in [1.82, 2.24) is 5.32 Å². The van der Waals surface area contributed by atoms with Crippen LogP contribution < -0.4 is 5.32 Å². The molecule has 0 saturated heterocycles. The summed E-state index contributed by atoms with van der Waals surface area (Å²) in [6, 6.07) is 0.625. The number of nitrogens with one attached hydrogen (secondary N) is 1. The minimum atomic E-state index is 0.625. The average Bonchev–Trinajstić information content (AvgIpc) is 2.29. The first kappa shape index (κ1) is 17.1. The Morgan fingerprint density at radius 1 is 1.24 bits per heavy atom. The Kier molecular flexibility index (Phi) is 11.2. The van der Waals surface area contributed by atoms with E-state index in [4.69, 9.17) is 0 Å². The molecule has 0 aliphatic carbocycles. The van der Waals surface area contributed by atoms with Gasteiger partial charge in [0, 0.05) is 6.04 Å². The molecule has 0 spiro atoms. The van der Waals surface area contributed by atoms with Gasteiger partial charge >= 0.3 is 0 Å². The lowest BCUT2D eigenvalue weighted by molar-refractivity contribution is 0.378. The van der Waals surface area contributed by atoms with Gasteiger partial charge in [-0.15, -0.1) is 0 Å². The molecule has 0 heterocycles. The Balaban J connectivity index is 3.51. The highest BCUT2D eigenvalue weighted by atomic mass is 32.1. The fourth-order valence-electron chi connectivity index (χ4n) is 1.99. The Morgan fingerprint density at radius 3 is 2.53 bits per heavy atom. The summed E-state index contributed by atoms with van der Waals surface area (Å²) >= 11 is 4.22. The van der Waals surface area contributed by atoms with Crippen LogP contribution in [0, 0.1) is 5.92 Å². The van der Waals surface area contributed by atoms with Crippen LogP contribution in [0.1, 0.15) is 59.3 Å². The van der Waals surface area contributed by atoms with E-state index in [2.05, 4.69) is 45.3 Å². The molecule has 0 fully saturated rings. The average molecular weight is 257 g/mol. The Hall–Kier alpha value is 0.0500.